The number of amides is 1. The van der Waals surface area contributed by atoms with Gasteiger partial charge in [0.2, 0.25) is 5.91 Å². The third-order valence-electron chi connectivity index (χ3n) is 9.33. The van der Waals surface area contributed by atoms with Crippen LogP contribution in [0.4, 0.5) is 0 Å². The largest absolute Gasteiger partial charge is 0.756 e. The number of carbonyl (C=O) groups is 1. The Hall–Kier alpha value is -1.54. The maximum atomic E-state index is 12.8. The highest BCUT2D eigenvalue weighted by Crippen LogP contribution is 2.38. The highest BCUT2D eigenvalue weighted by Gasteiger charge is 2.24. The topological polar surface area (TPSA) is 108 Å². The van der Waals surface area contributed by atoms with Gasteiger partial charge in [0.25, 0.3) is 7.82 Å². The molecule has 2 N–H and O–H groups in total. The Labute approximate surface area is 327 Å². The fraction of sp³-hybridized carbons (Fsp3) is 0.795. The van der Waals surface area contributed by atoms with Gasteiger partial charge in [-0.3, -0.25) is 9.36 Å². The van der Waals surface area contributed by atoms with E-state index in [1.165, 1.54) is 77.0 Å². The van der Waals surface area contributed by atoms with Gasteiger partial charge in [0.05, 0.1) is 39.9 Å². The minimum atomic E-state index is -4.56. The molecule has 0 fully saturated rings. The van der Waals surface area contributed by atoms with Crippen LogP contribution in [-0.2, 0) is 18.4 Å². The van der Waals surface area contributed by atoms with Gasteiger partial charge in [-0.05, 0) is 51.4 Å². The molecule has 8 nitrogen and oxygen atoms in total. The van der Waals surface area contributed by atoms with Crippen molar-refractivity contribution in [1.29, 1.82) is 0 Å². The first-order valence-electron chi connectivity index (χ1n) is 21.5. The number of hydrogen-bond acceptors (Lipinski definition) is 6. The smallest absolute Gasteiger partial charge is 0.268 e. The molecule has 310 valence electrons. The Morgan fingerprint density at radius 2 is 1.15 bits per heavy atom. The lowest BCUT2D eigenvalue weighted by Crippen LogP contribution is -2.46. The second-order valence-electron chi connectivity index (χ2n) is 15.7. The van der Waals surface area contributed by atoms with E-state index in [1.54, 1.807) is 0 Å². The summed E-state index contributed by atoms with van der Waals surface area (Å²) in [7, 11) is 1.29. The summed E-state index contributed by atoms with van der Waals surface area (Å²) in [6, 6.07) is -0.804. The molecule has 0 bridgehead atoms. The molecule has 53 heavy (non-hydrogen) atoms. The standard InChI is InChI=1S/C44H83N2O6P/c1-6-8-10-12-14-16-18-19-20-21-22-23-24-25-26-27-28-30-32-34-36-38-44(48)45-42(41-52-53(49,50)51-40-39-46(3,4)5)43(47)37-35-33-31-29-17-15-13-11-9-7-2/h8,10,14,16,19-20,22-23,42-43,47H,6-7,9,11-13,15,17-18,21,24-41H2,1-5H3,(H-,45,48,49,50)/b10-8-,16-14-,20-19-,23-22-. The van der Waals surface area contributed by atoms with Gasteiger partial charge in [-0.25, -0.2) is 0 Å². The number of phosphoric ester groups is 1. The molecule has 0 radical (unpaired) electrons. The van der Waals surface area contributed by atoms with Crippen LogP contribution in [0.15, 0.2) is 48.6 Å². The predicted octanol–water partition coefficient (Wildman–Crippen LogP) is 11.1. The number of nitrogens with zero attached hydrogens (tertiary/aromatic N) is 1. The van der Waals surface area contributed by atoms with Gasteiger partial charge in [0, 0.05) is 6.42 Å². The molecule has 0 aromatic heterocycles. The van der Waals surface area contributed by atoms with E-state index in [-0.39, 0.29) is 19.1 Å². The molecule has 0 aliphatic carbocycles. The van der Waals surface area contributed by atoms with E-state index in [2.05, 4.69) is 67.8 Å². The molecule has 0 saturated heterocycles. The molecular formula is C44H83N2O6P. The predicted molar refractivity (Wildman–Crippen MR) is 224 cm³/mol. The van der Waals surface area contributed by atoms with Crippen molar-refractivity contribution in [3.8, 4) is 0 Å². The number of rotatable bonds is 38. The molecule has 0 spiro atoms. The van der Waals surface area contributed by atoms with Crippen molar-refractivity contribution in [2.45, 2.75) is 187 Å². The second-order valence-corrected chi connectivity index (χ2v) is 17.1. The minimum Gasteiger partial charge on any atom is -0.756 e. The Morgan fingerprint density at radius 3 is 1.68 bits per heavy atom. The number of unbranched alkanes of at least 4 members (excludes halogenated alkanes) is 17. The molecule has 3 atom stereocenters. The van der Waals surface area contributed by atoms with E-state index in [4.69, 9.17) is 9.05 Å². The quantitative estimate of drug-likeness (QED) is 0.0280. The van der Waals surface area contributed by atoms with Crippen LogP contribution in [0, 0.1) is 0 Å². The Bertz CT molecular complexity index is 1010. The molecule has 0 aromatic carbocycles. The second kappa shape index (κ2) is 36.1. The van der Waals surface area contributed by atoms with Crippen molar-refractivity contribution >= 4 is 13.7 Å². The van der Waals surface area contributed by atoms with Crippen LogP contribution in [-0.4, -0.2) is 68.5 Å². The first-order chi connectivity index (χ1) is 25.5. The van der Waals surface area contributed by atoms with Gasteiger partial charge in [-0.15, -0.1) is 0 Å². The summed E-state index contributed by atoms with van der Waals surface area (Å²) in [6.07, 6.45) is 44.0. The van der Waals surface area contributed by atoms with Crippen molar-refractivity contribution in [1.82, 2.24) is 5.32 Å². The van der Waals surface area contributed by atoms with Crippen molar-refractivity contribution in [2.24, 2.45) is 0 Å². The maximum absolute atomic E-state index is 12.8. The molecule has 3 unspecified atom stereocenters. The Morgan fingerprint density at radius 1 is 0.679 bits per heavy atom. The number of carbonyl (C=O) groups excluding carboxylic acids is 1. The highest BCUT2D eigenvalue weighted by molar-refractivity contribution is 7.45. The zero-order valence-corrected chi connectivity index (χ0v) is 35.8. The van der Waals surface area contributed by atoms with Crippen LogP contribution in [0.1, 0.15) is 174 Å². The summed E-state index contributed by atoms with van der Waals surface area (Å²) < 4.78 is 23.2. The van der Waals surface area contributed by atoms with Crippen molar-refractivity contribution in [3.63, 3.8) is 0 Å². The van der Waals surface area contributed by atoms with Crippen molar-refractivity contribution in [2.75, 3.05) is 40.9 Å². The lowest BCUT2D eigenvalue weighted by molar-refractivity contribution is -0.870. The summed E-state index contributed by atoms with van der Waals surface area (Å²) in [4.78, 5) is 25.3. The number of likely N-dealkylation sites (N-methyl/N-ethyl adjacent to an activating group) is 1. The van der Waals surface area contributed by atoms with Crippen LogP contribution >= 0.6 is 7.82 Å². The molecule has 0 saturated carbocycles. The first-order valence-corrected chi connectivity index (χ1v) is 22.9. The van der Waals surface area contributed by atoms with Crippen molar-refractivity contribution < 1.29 is 32.9 Å². The van der Waals surface area contributed by atoms with E-state index < -0.39 is 20.0 Å². The Balaban J connectivity index is 4.31. The monoisotopic (exact) mass is 767 g/mol. The fourth-order valence-corrected chi connectivity index (χ4v) is 6.63. The average Bonchev–Trinajstić information content (AvgIpc) is 3.10. The first kappa shape index (κ1) is 51.5. The van der Waals surface area contributed by atoms with Gasteiger partial charge in [0.15, 0.2) is 0 Å². The molecule has 0 aliphatic rings. The van der Waals surface area contributed by atoms with Gasteiger partial charge in [-0.2, -0.15) is 0 Å². The number of phosphoric acid groups is 1. The van der Waals surface area contributed by atoms with Gasteiger partial charge >= 0.3 is 0 Å². The third-order valence-corrected chi connectivity index (χ3v) is 10.3. The molecule has 0 aromatic rings. The number of aliphatic hydroxyl groups excluding tert-OH is 1. The van der Waals surface area contributed by atoms with Crippen LogP contribution in [0.2, 0.25) is 0 Å². The summed E-state index contributed by atoms with van der Waals surface area (Å²) in [5.41, 5.74) is 0. The normalized spacial score (nSPS) is 14.9. The van der Waals surface area contributed by atoms with E-state index in [9.17, 15) is 19.4 Å². The zero-order valence-electron chi connectivity index (χ0n) is 35.0. The van der Waals surface area contributed by atoms with Crippen LogP contribution < -0.4 is 10.2 Å². The van der Waals surface area contributed by atoms with E-state index >= 15 is 0 Å². The molecule has 1 amide bonds. The van der Waals surface area contributed by atoms with Crippen molar-refractivity contribution in [3.05, 3.63) is 48.6 Å². The summed E-state index contributed by atoms with van der Waals surface area (Å²) >= 11 is 0. The lowest BCUT2D eigenvalue weighted by atomic mass is 10.0. The van der Waals surface area contributed by atoms with Gasteiger partial charge in [-0.1, -0.05) is 165 Å². The highest BCUT2D eigenvalue weighted by atomic mass is 31.2. The number of aliphatic hydroxyl groups is 1. The zero-order chi connectivity index (χ0) is 39.3. The molecule has 0 aliphatic heterocycles. The fourth-order valence-electron chi connectivity index (χ4n) is 5.91. The van der Waals surface area contributed by atoms with E-state index in [1.807, 2.05) is 21.1 Å². The maximum Gasteiger partial charge on any atom is 0.268 e. The number of nitrogens with one attached hydrogen (secondary N) is 1. The molecule has 9 heteroatoms. The lowest BCUT2D eigenvalue weighted by Gasteiger charge is -2.30. The van der Waals surface area contributed by atoms with Crippen LogP contribution in [0.3, 0.4) is 0 Å². The molecule has 0 heterocycles. The summed E-state index contributed by atoms with van der Waals surface area (Å²) in [5, 5.41) is 13.8. The Kier molecular flexibility index (Phi) is 35.1. The summed E-state index contributed by atoms with van der Waals surface area (Å²) in [6.45, 7) is 4.57. The number of hydrogen-bond donors (Lipinski definition) is 2. The van der Waals surface area contributed by atoms with Crippen LogP contribution in [0.5, 0.6) is 0 Å². The van der Waals surface area contributed by atoms with Gasteiger partial charge in [0.1, 0.15) is 13.2 Å². The minimum absolute atomic E-state index is 0.00842. The van der Waals surface area contributed by atoms with E-state index in [0.29, 0.717) is 23.9 Å². The number of quaternary nitrogens is 1. The third kappa shape index (κ3) is 38.5. The van der Waals surface area contributed by atoms with E-state index in [0.717, 1.165) is 70.6 Å². The number of allylic oxidation sites excluding steroid dienone is 8. The van der Waals surface area contributed by atoms with Gasteiger partial charge < -0.3 is 28.8 Å². The van der Waals surface area contributed by atoms with Crippen LogP contribution in [0.25, 0.3) is 0 Å². The SMILES string of the molecule is CC/C=C\C/C=C\C/C=C\C/C=C\CCCCCCCCCCC(=O)NC(COP(=O)([O-])OCC[N+](C)(C)C)C(O)CCCCCCCCCCCC. The molecular weight excluding hydrogens is 683 g/mol. The molecule has 0 rings (SSSR count). The average molecular weight is 767 g/mol. The summed E-state index contributed by atoms with van der Waals surface area (Å²) in [5.74, 6) is -0.178.